The van der Waals surface area contributed by atoms with Gasteiger partial charge in [-0.3, -0.25) is 0 Å². The summed E-state index contributed by atoms with van der Waals surface area (Å²) in [7, 11) is 0. The van der Waals surface area contributed by atoms with Crippen molar-refractivity contribution in [2.45, 2.75) is 21.0 Å². The maximum atomic E-state index is 2.52. The Balaban J connectivity index is 2.29. The molecule has 1 heteroatoms. The van der Waals surface area contributed by atoms with Crippen molar-refractivity contribution < 1.29 is 0 Å². The molecule has 2 rings (SSSR count). The summed E-state index contributed by atoms with van der Waals surface area (Å²) in [4.78, 5) is 0. The van der Waals surface area contributed by atoms with Gasteiger partial charge in [0, 0.05) is 0 Å². The van der Waals surface area contributed by atoms with Crippen molar-refractivity contribution in [3.63, 3.8) is 0 Å². The van der Waals surface area contributed by atoms with E-state index in [0.717, 1.165) is 9.50 Å². The third kappa shape index (κ3) is 0.658. The predicted molar refractivity (Wildman–Crippen MR) is 43.3 cm³/mol. The van der Waals surface area contributed by atoms with Crippen LogP contribution < -0.4 is 0 Å². The van der Waals surface area contributed by atoms with E-state index < -0.39 is 13.3 Å². The summed E-state index contributed by atoms with van der Waals surface area (Å²) >= 11 is -1.19. The fourth-order valence-corrected chi connectivity index (χ4v) is 11.5. The zero-order valence-corrected chi connectivity index (χ0v) is 8.06. The van der Waals surface area contributed by atoms with Gasteiger partial charge in [-0.25, -0.2) is 0 Å². The molecule has 2 aliphatic rings. The van der Waals surface area contributed by atoms with Gasteiger partial charge in [-0.05, 0) is 0 Å². The van der Waals surface area contributed by atoms with E-state index in [1.807, 2.05) is 0 Å². The Morgan fingerprint density at radius 2 is 1.44 bits per heavy atom. The standard InChI is InChI=1S/C8H12Ge/c1-9(2)7-5-3-4-6-8(7)9/h3-8H,1-2H3. The molecular weight excluding hydrogens is 169 g/mol. The van der Waals surface area contributed by atoms with E-state index in [9.17, 15) is 0 Å². The first-order chi connectivity index (χ1) is 4.23. The van der Waals surface area contributed by atoms with Crippen LogP contribution in [0.5, 0.6) is 0 Å². The van der Waals surface area contributed by atoms with Crippen LogP contribution in [0.25, 0.3) is 0 Å². The number of hydrogen-bond donors (Lipinski definition) is 0. The molecule has 0 aromatic carbocycles. The van der Waals surface area contributed by atoms with Crippen molar-refractivity contribution in [2.75, 3.05) is 0 Å². The van der Waals surface area contributed by atoms with Gasteiger partial charge < -0.3 is 0 Å². The first-order valence-electron chi connectivity index (χ1n) is 3.58. The summed E-state index contributed by atoms with van der Waals surface area (Å²) in [6, 6.07) is 0. The first-order valence-corrected chi connectivity index (χ1v) is 10.2. The van der Waals surface area contributed by atoms with E-state index in [-0.39, 0.29) is 0 Å². The topological polar surface area (TPSA) is 0 Å². The van der Waals surface area contributed by atoms with Gasteiger partial charge in [0.1, 0.15) is 0 Å². The minimum atomic E-state index is -1.19. The SMILES string of the molecule is [CH3][Ge]1([CH3])[CH]2C=CC=C[CH]21. The molecule has 0 bridgehead atoms. The molecule has 1 aliphatic carbocycles. The zero-order chi connectivity index (χ0) is 6.48. The maximum absolute atomic E-state index is 2.52. The van der Waals surface area contributed by atoms with Gasteiger partial charge in [-0.1, -0.05) is 0 Å². The van der Waals surface area contributed by atoms with Gasteiger partial charge in [0.2, 0.25) is 0 Å². The van der Waals surface area contributed by atoms with Crippen LogP contribution in [0.2, 0.25) is 21.0 Å². The Morgan fingerprint density at radius 1 is 1.00 bits per heavy atom. The van der Waals surface area contributed by atoms with E-state index in [2.05, 4.69) is 35.8 Å². The summed E-state index contributed by atoms with van der Waals surface area (Å²) in [6.45, 7) is 0. The van der Waals surface area contributed by atoms with Crippen LogP contribution in [0.15, 0.2) is 24.3 Å². The van der Waals surface area contributed by atoms with Crippen molar-refractivity contribution in [3.8, 4) is 0 Å². The fraction of sp³-hybridized carbons (Fsp3) is 0.500. The molecule has 0 aromatic rings. The molecule has 1 heterocycles. The molecule has 0 nitrogen and oxygen atoms in total. The molecule has 2 unspecified atom stereocenters. The summed E-state index contributed by atoms with van der Waals surface area (Å²) in [5, 5.41) is 0. The van der Waals surface area contributed by atoms with E-state index >= 15 is 0 Å². The predicted octanol–water partition coefficient (Wildman–Crippen LogP) is 2.57. The Kier molecular flexibility index (Phi) is 0.990. The molecule has 2 atom stereocenters. The Labute approximate surface area is 59.0 Å². The van der Waals surface area contributed by atoms with Gasteiger partial charge in [0.05, 0.1) is 0 Å². The molecule has 1 aliphatic heterocycles. The second kappa shape index (κ2) is 1.54. The van der Waals surface area contributed by atoms with Crippen LogP contribution in [-0.2, 0) is 0 Å². The van der Waals surface area contributed by atoms with Crippen LogP contribution in [0.3, 0.4) is 0 Å². The molecule has 0 N–H and O–H groups in total. The first kappa shape index (κ1) is 5.78. The van der Waals surface area contributed by atoms with Crippen LogP contribution in [0.1, 0.15) is 0 Å². The van der Waals surface area contributed by atoms with E-state index in [4.69, 9.17) is 0 Å². The Morgan fingerprint density at radius 3 is 1.78 bits per heavy atom. The summed E-state index contributed by atoms with van der Waals surface area (Å²) < 4.78 is 2.07. The van der Waals surface area contributed by atoms with Crippen molar-refractivity contribution in [3.05, 3.63) is 24.3 Å². The summed E-state index contributed by atoms with van der Waals surface area (Å²) in [5.41, 5.74) is 0. The second-order valence-corrected chi connectivity index (χ2v) is 14.1. The number of hydrogen-bond acceptors (Lipinski definition) is 0. The van der Waals surface area contributed by atoms with Crippen molar-refractivity contribution in [2.24, 2.45) is 0 Å². The number of rotatable bonds is 0. The quantitative estimate of drug-likeness (QED) is 0.503. The molecule has 1 fully saturated rings. The van der Waals surface area contributed by atoms with Gasteiger partial charge in [0.25, 0.3) is 0 Å². The van der Waals surface area contributed by atoms with E-state index in [1.54, 1.807) is 0 Å². The van der Waals surface area contributed by atoms with Crippen LogP contribution in [0, 0.1) is 0 Å². The molecule has 0 saturated carbocycles. The number of allylic oxidation sites excluding steroid dienone is 4. The molecule has 0 aromatic heterocycles. The molecule has 48 valence electrons. The Hall–Kier alpha value is 0.0229. The summed E-state index contributed by atoms with van der Waals surface area (Å²) in [6.07, 6.45) is 9.23. The third-order valence-corrected chi connectivity index (χ3v) is 11.5. The summed E-state index contributed by atoms with van der Waals surface area (Å²) in [5.74, 6) is 5.05. The molecular formula is C8H12Ge. The number of fused-ring (bicyclic) bond motifs is 1. The molecule has 9 heavy (non-hydrogen) atoms. The van der Waals surface area contributed by atoms with Gasteiger partial charge in [-0.15, -0.1) is 0 Å². The second-order valence-electron chi connectivity index (χ2n) is 3.64. The van der Waals surface area contributed by atoms with Crippen LogP contribution in [0.4, 0.5) is 0 Å². The van der Waals surface area contributed by atoms with Crippen molar-refractivity contribution >= 4 is 13.3 Å². The van der Waals surface area contributed by atoms with Gasteiger partial charge in [0.15, 0.2) is 0 Å². The molecule has 0 radical (unpaired) electrons. The zero-order valence-electron chi connectivity index (χ0n) is 5.96. The molecule has 0 spiro atoms. The molecule has 1 saturated heterocycles. The van der Waals surface area contributed by atoms with E-state index in [1.165, 1.54) is 0 Å². The minimum absolute atomic E-state index is 1.04. The monoisotopic (exact) mass is 182 g/mol. The van der Waals surface area contributed by atoms with E-state index in [0.29, 0.717) is 0 Å². The van der Waals surface area contributed by atoms with Crippen molar-refractivity contribution in [1.82, 2.24) is 0 Å². The van der Waals surface area contributed by atoms with Crippen LogP contribution >= 0.6 is 0 Å². The van der Waals surface area contributed by atoms with Gasteiger partial charge in [-0.2, -0.15) is 0 Å². The fourth-order valence-electron chi connectivity index (χ4n) is 1.82. The van der Waals surface area contributed by atoms with Crippen LogP contribution in [-0.4, -0.2) is 13.3 Å². The van der Waals surface area contributed by atoms with Crippen molar-refractivity contribution in [1.29, 1.82) is 0 Å². The average molecular weight is 181 g/mol. The van der Waals surface area contributed by atoms with Gasteiger partial charge >= 0.3 is 58.6 Å². The third-order valence-electron chi connectivity index (χ3n) is 2.74. The average Bonchev–Trinajstić information content (AvgIpc) is 2.39. The Bertz CT molecular complexity index is 169. The molecule has 0 amide bonds. The normalized spacial score (nSPS) is 42.4.